The molecule has 0 radical (unpaired) electrons. The molecule has 0 amide bonds. The van der Waals surface area contributed by atoms with E-state index in [4.69, 9.17) is 4.74 Å². The summed E-state index contributed by atoms with van der Waals surface area (Å²) < 4.78 is 6.34. The fourth-order valence-electron chi connectivity index (χ4n) is 1.31. The Morgan fingerprint density at radius 3 is 2.72 bits per heavy atom. The van der Waals surface area contributed by atoms with E-state index in [1.54, 1.807) is 6.07 Å². The highest BCUT2D eigenvalue weighted by atomic mass is 16.5. The molecule has 5 heteroatoms. The maximum absolute atomic E-state index is 11.6. The van der Waals surface area contributed by atoms with Gasteiger partial charge in [0.1, 0.15) is 0 Å². The Kier molecular flexibility index (Phi) is 4.67. The Balaban J connectivity index is 2.67. The number of aromatic nitrogens is 2. The quantitative estimate of drug-likeness (QED) is 0.799. The second kappa shape index (κ2) is 5.82. The van der Waals surface area contributed by atoms with E-state index in [1.165, 1.54) is 17.9 Å². The second-order valence-electron chi connectivity index (χ2n) is 5.23. The molecule has 1 N–H and O–H groups in total. The minimum Gasteiger partial charge on any atom is -0.480 e. The normalized spacial score (nSPS) is 11.3. The number of hydrogen-bond acceptors (Lipinski definition) is 4. The number of rotatable bonds is 5. The zero-order valence-electron chi connectivity index (χ0n) is 11.5. The number of ether oxygens (including phenoxy) is 1. The molecular weight excluding hydrogens is 230 g/mol. The molecule has 0 aliphatic carbocycles. The molecule has 1 aromatic rings. The van der Waals surface area contributed by atoms with Gasteiger partial charge in [-0.2, -0.15) is 0 Å². The summed E-state index contributed by atoms with van der Waals surface area (Å²) in [6.07, 6.45) is 0. The first-order valence-electron chi connectivity index (χ1n) is 5.85. The van der Waals surface area contributed by atoms with Crippen LogP contribution in [-0.2, 0) is 6.54 Å². The second-order valence-corrected chi connectivity index (χ2v) is 5.23. The summed E-state index contributed by atoms with van der Waals surface area (Å²) >= 11 is 0. The number of nitrogens with one attached hydrogen (secondary N) is 1. The summed E-state index contributed by atoms with van der Waals surface area (Å²) in [5.41, 5.74) is 0.760. The van der Waals surface area contributed by atoms with Crippen molar-refractivity contribution in [2.75, 3.05) is 13.7 Å². The molecule has 0 aliphatic heterocycles. The highest BCUT2D eigenvalue weighted by Crippen LogP contribution is 2.03. The number of nitrogens with zero attached hydrogens (tertiary/aromatic N) is 2. The molecule has 100 valence electrons. The van der Waals surface area contributed by atoms with Crippen LogP contribution in [0.3, 0.4) is 0 Å². The third-order valence-electron chi connectivity index (χ3n) is 2.29. The third-order valence-corrected chi connectivity index (χ3v) is 2.29. The molecular formula is C13H21N3O2. The highest BCUT2D eigenvalue weighted by Gasteiger charge is 2.09. The van der Waals surface area contributed by atoms with E-state index in [-0.39, 0.29) is 11.1 Å². The lowest BCUT2D eigenvalue weighted by molar-refractivity contribution is 0.377. The van der Waals surface area contributed by atoms with E-state index in [0.717, 1.165) is 5.57 Å². The van der Waals surface area contributed by atoms with Crippen LogP contribution < -0.4 is 15.6 Å². The monoisotopic (exact) mass is 251 g/mol. The maximum Gasteiger partial charge on any atom is 0.267 e. The summed E-state index contributed by atoms with van der Waals surface area (Å²) in [5.74, 6) is 0.422. The zero-order valence-corrected chi connectivity index (χ0v) is 11.5. The van der Waals surface area contributed by atoms with Crippen LogP contribution in [0.4, 0.5) is 0 Å². The predicted octanol–water partition coefficient (Wildman–Crippen LogP) is 1.20. The Labute approximate surface area is 107 Å². The van der Waals surface area contributed by atoms with E-state index in [1.807, 2.05) is 0 Å². The average molecular weight is 251 g/mol. The minimum atomic E-state index is -0.160. The minimum absolute atomic E-state index is 0.0235. The predicted molar refractivity (Wildman–Crippen MR) is 71.9 cm³/mol. The molecule has 0 unspecified atom stereocenters. The standard InChI is InChI=1S/C13H21N3O2/c1-10(8-14-13(2,3)4)9-16-12(17)7-6-11(15-16)18-5/h6-7,14H,1,8-9H2,2-5H3. The summed E-state index contributed by atoms with van der Waals surface area (Å²) in [6.45, 7) is 11.2. The third kappa shape index (κ3) is 4.71. The molecule has 1 rings (SSSR count). The largest absolute Gasteiger partial charge is 0.480 e. The van der Waals surface area contributed by atoms with E-state index >= 15 is 0 Å². The van der Waals surface area contributed by atoms with Gasteiger partial charge < -0.3 is 10.1 Å². The van der Waals surface area contributed by atoms with Gasteiger partial charge in [-0.3, -0.25) is 4.79 Å². The molecule has 1 heterocycles. The van der Waals surface area contributed by atoms with Crippen molar-refractivity contribution in [3.63, 3.8) is 0 Å². The molecule has 0 aliphatic rings. The van der Waals surface area contributed by atoms with Gasteiger partial charge in [0.05, 0.1) is 13.7 Å². The first-order chi connectivity index (χ1) is 8.31. The summed E-state index contributed by atoms with van der Waals surface area (Å²) in [4.78, 5) is 11.6. The van der Waals surface area contributed by atoms with Crippen molar-refractivity contribution in [3.8, 4) is 5.88 Å². The summed E-state index contributed by atoms with van der Waals surface area (Å²) in [7, 11) is 1.52. The van der Waals surface area contributed by atoms with Crippen LogP contribution in [0.15, 0.2) is 29.1 Å². The fourth-order valence-corrected chi connectivity index (χ4v) is 1.31. The molecule has 1 aromatic heterocycles. The fraction of sp³-hybridized carbons (Fsp3) is 0.538. The van der Waals surface area contributed by atoms with E-state index in [0.29, 0.717) is 19.0 Å². The van der Waals surface area contributed by atoms with Crippen molar-refractivity contribution < 1.29 is 4.74 Å². The van der Waals surface area contributed by atoms with Crippen LogP contribution in [0.1, 0.15) is 20.8 Å². The van der Waals surface area contributed by atoms with Gasteiger partial charge in [0.15, 0.2) is 0 Å². The Morgan fingerprint density at radius 1 is 1.50 bits per heavy atom. The number of hydrogen-bond donors (Lipinski definition) is 1. The molecule has 0 fully saturated rings. The average Bonchev–Trinajstić information content (AvgIpc) is 2.28. The first-order valence-corrected chi connectivity index (χ1v) is 5.85. The molecule has 18 heavy (non-hydrogen) atoms. The van der Waals surface area contributed by atoms with E-state index in [2.05, 4.69) is 37.8 Å². The molecule has 0 bridgehead atoms. The van der Waals surface area contributed by atoms with Crippen LogP contribution in [-0.4, -0.2) is 29.0 Å². The van der Waals surface area contributed by atoms with Crippen LogP contribution >= 0.6 is 0 Å². The molecule has 0 saturated carbocycles. The molecule has 0 atom stereocenters. The van der Waals surface area contributed by atoms with Crippen molar-refractivity contribution in [2.24, 2.45) is 0 Å². The lowest BCUT2D eigenvalue weighted by atomic mass is 10.1. The zero-order chi connectivity index (χ0) is 13.8. The van der Waals surface area contributed by atoms with Gasteiger partial charge >= 0.3 is 0 Å². The maximum atomic E-state index is 11.6. The lowest BCUT2D eigenvalue weighted by Gasteiger charge is -2.21. The van der Waals surface area contributed by atoms with Crippen LogP contribution in [0.2, 0.25) is 0 Å². The van der Waals surface area contributed by atoms with Gasteiger partial charge in [0.25, 0.3) is 5.56 Å². The van der Waals surface area contributed by atoms with Crippen molar-refractivity contribution >= 4 is 0 Å². The Hall–Kier alpha value is -1.62. The van der Waals surface area contributed by atoms with Gasteiger partial charge in [0, 0.05) is 24.2 Å². The van der Waals surface area contributed by atoms with Crippen molar-refractivity contribution in [2.45, 2.75) is 32.9 Å². The first kappa shape index (κ1) is 14.4. The summed E-state index contributed by atoms with van der Waals surface area (Å²) in [6, 6.07) is 2.99. The van der Waals surface area contributed by atoms with E-state index in [9.17, 15) is 4.79 Å². The van der Waals surface area contributed by atoms with Gasteiger partial charge in [0.2, 0.25) is 5.88 Å². The van der Waals surface area contributed by atoms with Crippen molar-refractivity contribution in [1.82, 2.24) is 15.1 Å². The molecule has 0 saturated heterocycles. The van der Waals surface area contributed by atoms with Crippen molar-refractivity contribution in [1.29, 1.82) is 0 Å². The SMILES string of the molecule is C=C(CNC(C)(C)C)Cn1nc(OC)ccc1=O. The summed E-state index contributed by atoms with van der Waals surface area (Å²) in [5, 5.41) is 7.38. The number of methoxy groups -OCH3 is 1. The van der Waals surface area contributed by atoms with Crippen LogP contribution in [0.25, 0.3) is 0 Å². The van der Waals surface area contributed by atoms with Gasteiger partial charge in [-0.25, -0.2) is 4.68 Å². The van der Waals surface area contributed by atoms with E-state index < -0.39 is 0 Å². The van der Waals surface area contributed by atoms with Gasteiger partial charge in [-0.1, -0.05) is 6.58 Å². The topological polar surface area (TPSA) is 56.1 Å². The smallest absolute Gasteiger partial charge is 0.267 e. The molecule has 5 nitrogen and oxygen atoms in total. The molecule has 0 aromatic carbocycles. The molecule has 0 spiro atoms. The van der Waals surface area contributed by atoms with Gasteiger partial charge in [-0.15, -0.1) is 5.10 Å². The lowest BCUT2D eigenvalue weighted by Crippen LogP contribution is -2.38. The van der Waals surface area contributed by atoms with Gasteiger partial charge in [-0.05, 0) is 26.3 Å². The highest BCUT2D eigenvalue weighted by molar-refractivity contribution is 5.07. The van der Waals surface area contributed by atoms with Crippen LogP contribution in [0.5, 0.6) is 5.88 Å². The van der Waals surface area contributed by atoms with Crippen molar-refractivity contribution in [3.05, 3.63) is 34.6 Å². The Morgan fingerprint density at radius 2 is 2.17 bits per heavy atom. The Bertz CT molecular complexity index is 472. The van der Waals surface area contributed by atoms with Crippen LogP contribution in [0, 0.1) is 0 Å².